The predicted octanol–water partition coefficient (Wildman–Crippen LogP) is 2.97. The van der Waals surface area contributed by atoms with Crippen LogP contribution in [0.2, 0.25) is 0 Å². The third-order valence-corrected chi connectivity index (χ3v) is 4.59. The summed E-state index contributed by atoms with van der Waals surface area (Å²) in [5.74, 6) is 2.15. The van der Waals surface area contributed by atoms with Crippen LogP contribution in [0.1, 0.15) is 35.8 Å². The molecule has 1 aromatic carbocycles. The first-order valence-corrected chi connectivity index (χ1v) is 8.65. The summed E-state index contributed by atoms with van der Waals surface area (Å²) in [6.07, 6.45) is 2.11. The van der Waals surface area contributed by atoms with Crippen molar-refractivity contribution in [1.29, 1.82) is 0 Å². The number of likely N-dealkylation sites (tertiary alicyclic amines) is 1. The molecular weight excluding hydrogens is 316 g/mol. The maximum Gasteiger partial charge on any atom is 0.274 e. The van der Waals surface area contributed by atoms with E-state index in [-0.39, 0.29) is 5.91 Å². The normalized spacial score (nSPS) is 15.0. The molecule has 0 aliphatic carbocycles. The molecule has 0 saturated carbocycles. The fraction of sp³-hybridized carbons (Fsp3) is 0.421. The van der Waals surface area contributed by atoms with E-state index >= 15 is 0 Å². The van der Waals surface area contributed by atoms with Gasteiger partial charge in [0, 0.05) is 19.6 Å². The van der Waals surface area contributed by atoms with Crippen LogP contribution in [0.4, 0.5) is 5.82 Å². The van der Waals surface area contributed by atoms with Gasteiger partial charge in [-0.25, -0.2) is 0 Å². The maximum atomic E-state index is 12.4. The molecule has 6 nitrogen and oxygen atoms in total. The second kappa shape index (κ2) is 7.96. The van der Waals surface area contributed by atoms with Crippen LogP contribution in [-0.2, 0) is 6.54 Å². The molecule has 1 N–H and O–H groups in total. The van der Waals surface area contributed by atoms with Gasteiger partial charge < -0.3 is 15.0 Å². The molecule has 0 spiro atoms. The number of anilines is 1. The van der Waals surface area contributed by atoms with Crippen molar-refractivity contribution in [2.75, 3.05) is 25.5 Å². The third-order valence-electron chi connectivity index (χ3n) is 4.59. The second-order valence-electron chi connectivity index (χ2n) is 6.48. The standard InChI is InChI=1S/C19H24N4O2/c1-14-9-11-23(12-10-14)19(24)17-7-8-18(22-21-17)20-13-15-3-5-16(25-2)6-4-15/h3-8,14H,9-13H2,1-2H3,(H,20,22). The molecule has 1 fully saturated rings. The van der Waals surface area contributed by atoms with Gasteiger partial charge >= 0.3 is 0 Å². The van der Waals surface area contributed by atoms with E-state index in [9.17, 15) is 4.79 Å². The Balaban J connectivity index is 1.55. The number of benzene rings is 1. The molecule has 1 aliphatic heterocycles. The van der Waals surface area contributed by atoms with Crippen molar-refractivity contribution < 1.29 is 9.53 Å². The molecule has 3 rings (SSSR count). The lowest BCUT2D eigenvalue weighted by atomic mass is 9.99. The number of hydrogen-bond acceptors (Lipinski definition) is 5. The van der Waals surface area contributed by atoms with E-state index in [0.29, 0.717) is 24.0 Å². The molecule has 2 aromatic rings. The van der Waals surface area contributed by atoms with Crippen LogP contribution in [0, 0.1) is 5.92 Å². The van der Waals surface area contributed by atoms with Crippen molar-refractivity contribution in [3.63, 3.8) is 0 Å². The van der Waals surface area contributed by atoms with Gasteiger partial charge in [-0.05, 0) is 48.6 Å². The molecule has 25 heavy (non-hydrogen) atoms. The average molecular weight is 340 g/mol. The van der Waals surface area contributed by atoms with E-state index in [1.807, 2.05) is 29.2 Å². The highest BCUT2D eigenvalue weighted by molar-refractivity contribution is 5.92. The molecule has 0 atom stereocenters. The molecule has 1 saturated heterocycles. The van der Waals surface area contributed by atoms with Gasteiger partial charge in [0.15, 0.2) is 5.69 Å². The Hall–Kier alpha value is -2.63. The first-order valence-electron chi connectivity index (χ1n) is 8.65. The topological polar surface area (TPSA) is 67.3 Å². The molecule has 1 amide bonds. The lowest BCUT2D eigenvalue weighted by molar-refractivity contribution is 0.0690. The van der Waals surface area contributed by atoms with Crippen LogP contribution in [-0.4, -0.2) is 41.2 Å². The summed E-state index contributed by atoms with van der Waals surface area (Å²) in [5.41, 5.74) is 1.52. The van der Waals surface area contributed by atoms with Gasteiger partial charge in [-0.3, -0.25) is 4.79 Å². The zero-order valence-corrected chi connectivity index (χ0v) is 14.7. The number of piperidine rings is 1. The number of aromatic nitrogens is 2. The number of carbonyl (C=O) groups excluding carboxylic acids is 1. The number of nitrogens with one attached hydrogen (secondary N) is 1. The van der Waals surface area contributed by atoms with E-state index < -0.39 is 0 Å². The Kier molecular flexibility index (Phi) is 5.48. The number of amides is 1. The zero-order valence-electron chi connectivity index (χ0n) is 14.7. The summed E-state index contributed by atoms with van der Waals surface area (Å²) < 4.78 is 5.14. The molecule has 0 bridgehead atoms. The molecule has 132 valence electrons. The monoisotopic (exact) mass is 340 g/mol. The summed E-state index contributed by atoms with van der Waals surface area (Å²) in [7, 11) is 1.65. The summed E-state index contributed by atoms with van der Waals surface area (Å²) in [6.45, 7) is 4.47. The van der Waals surface area contributed by atoms with Gasteiger partial charge in [-0.1, -0.05) is 19.1 Å². The molecule has 1 aromatic heterocycles. The number of ether oxygens (including phenoxy) is 1. The van der Waals surface area contributed by atoms with Crippen LogP contribution in [0.5, 0.6) is 5.75 Å². The second-order valence-corrected chi connectivity index (χ2v) is 6.48. The lowest BCUT2D eigenvalue weighted by Gasteiger charge is -2.29. The van der Waals surface area contributed by atoms with Gasteiger partial charge in [0.05, 0.1) is 7.11 Å². The maximum absolute atomic E-state index is 12.4. The van der Waals surface area contributed by atoms with E-state index in [1.165, 1.54) is 0 Å². The summed E-state index contributed by atoms with van der Waals surface area (Å²) in [4.78, 5) is 14.3. The first-order chi connectivity index (χ1) is 12.2. The van der Waals surface area contributed by atoms with E-state index in [1.54, 1.807) is 19.2 Å². The zero-order chi connectivity index (χ0) is 17.6. The van der Waals surface area contributed by atoms with Crippen molar-refractivity contribution in [3.8, 4) is 5.75 Å². The lowest BCUT2D eigenvalue weighted by Crippen LogP contribution is -2.38. The largest absolute Gasteiger partial charge is 0.497 e. The highest BCUT2D eigenvalue weighted by atomic mass is 16.5. The van der Waals surface area contributed by atoms with Crippen molar-refractivity contribution in [3.05, 3.63) is 47.7 Å². The predicted molar refractivity (Wildman–Crippen MR) is 96.7 cm³/mol. The molecule has 1 aliphatic rings. The van der Waals surface area contributed by atoms with Gasteiger partial charge in [0.1, 0.15) is 11.6 Å². The SMILES string of the molecule is COc1ccc(CNc2ccc(C(=O)N3CCC(C)CC3)nn2)cc1. The van der Waals surface area contributed by atoms with Crippen LogP contribution in [0.25, 0.3) is 0 Å². The minimum absolute atomic E-state index is 0.0268. The number of hydrogen-bond donors (Lipinski definition) is 1. The Morgan fingerprint density at radius 2 is 1.88 bits per heavy atom. The van der Waals surface area contributed by atoms with Crippen molar-refractivity contribution >= 4 is 11.7 Å². The Bertz CT molecular complexity index is 692. The Labute approximate surface area is 148 Å². The third kappa shape index (κ3) is 4.47. The minimum atomic E-state index is -0.0268. The van der Waals surface area contributed by atoms with Gasteiger partial charge in [-0.2, -0.15) is 0 Å². The molecule has 0 radical (unpaired) electrons. The van der Waals surface area contributed by atoms with Gasteiger partial charge in [0.25, 0.3) is 5.91 Å². The van der Waals surface area contributed by atoms with Crippen LogP contribution in [0.3, 0.4) is 0 Å². The Morgan fingerprint density at radius 1 is 1.16 bits per heavy atom. The van der Waals surface area contributed by atoms with Crippen molar-refractivity contribution in [1.82, 2.24) is 15.1 Å². The summed E-state index contributed by atoms with van der Waals surface area (Å²) in [6, 6.07) is 11.4. The number of nitrogens with zero attached hydrogens (tertiary/aromatic N) is 3. The molecule has 2 heterocycles. The fourth-order valence-electron chi connectivity index (χ4n) is 2.85. The van der Waals surface area contributed by atoms with Crippen LogP contribution < -0.4 is 10.1 Å². The van der Waals surface area contributed by atoms with E-state index in [4.69, 9.17) is 4.74 Å². The Morgan fingerprint density at radius 3 is 2.48 bits per heavy atom. The number of rotatable bonds is 5. The molecular formula is C19H24N4O2. The highest BCUT2D eigenvalue weighted by Crippen LogP contribution is 2.18. The summed E-state index contributed by atoms with van der Waals surface area (Å²) in [5, 5.41) is 11.4. The minimum Gasteiger partial charge on any atom is -0.497 e. The number of carbonyl (C=O) groups is 1. The fourth-order valence-corrected chi connectivity index (χ4v) is 2.85. The van der Waals surface area contributed by atoms with Crippen molar-refractivity contribution in [2.45, 2.75) is 26.3 Å². The quantitative estimate of drug-likeness (QED) is 0.906. The van der Waals surface area contributed by atoms with Crippen LogP contribution in [0.15, 0.2) is 36.4 Å². The molecule has 6 heteroatoms. The number of methoxy groups -OCH3 is 1. The first kappa shape index (κ1) is 17.2. The van der Waals surface area contributed by atoms with E-state index in [2.05, 4.69) is 22.4 Å². The summed E-state index contributed by atoms with van der Waals surface area (Å²) >= 11 is 0. The van der Waals surface area contributed by atoms with Gasteiger partial charge in [0.2, 0.25) is 0 Å². The highest BCUT2D eigenvalue weighted by Gasteiger charge is 2.22. The average Bonchev–Trinajstić information content (AvgIpc) is 2.67. The van der Waals surface area contributed by atoms with E-state index in [0.717, 1.165) is 37.2 Å². The van der Waals surface area contributed by atoms with Crippen molar-refractivity contribution in [2.24, 2.45) is 5.92 Å². The van der Waals surface area contributed by atoms with Crippen LogP contribution >= 0.6 is 0 Å². The molecule has 0 unspecified atom stereocenters. The van der Waals surface area contributed by atoms with Gasteiger partial charge in [-0.15, -0.1) is 10.2 Å². The smallest absolute Gasteiger partial charge is 0.274 e.